The van der Waals surface area contributed by atoms with Gasteiger partial charge in [-0.2, -0.15) is 5.10 Å². The van der Waals surface area contributed by atoms with E-state index in [-0.39, 0.29) is 11.2 Å². The average molecular weight is 282 g/mol. The molecule has 0 bridgehead atoms. The monoisotopic (exact) mass is 282 g/mol. The van der Waals surface area contributed by atoms with Gasteiger partial charge in [-0.25, -0.2) is 5.01 Å². The molecular formula is C16H14N2OS. The molecule has 0 spiro atoms. The van der Waals surface area contributed by atoms with Crippen LogP contribution in [0.25, 0.3) is 0 Å². The molecule has 1 amide bonds. The summed E-state index contributed by atoms with van der Waals surface area (Å²) in [5.74, 6) is 0.0348. The van der Waals surface area contributed by atoms with Crippen molar-refractivity contribution in [3.05, 3.63) is 71.8 Å². The number of hydrogen-bond acceptors (Lipinski definition) is 3. The van der Waals surface area contributed by atoms with E-state index >= 15 is 0 Å². The van der Waals surface area contributed by atoms with Crippen LogP contribution in [0.3, 0.4) is 0 Å². The highest BCUT2D eigenvalue weighted by atomic mass is 32.2. The predicted molar refractivity (Wildman–Crippen MR) is 82.3 cm³/mol. The van der Waals surface area contributed by atoms with Crippen molar-refractivity contribution in [2.45, 2.75) is 11.8 Å². The third-order valence-corrected chi connectivity index (χ3v) is 4.10. The number of thioether (sulfide) groups is 1. The van der Waals surface area contributed by atoms with E-state index in [0.717, 1.165) is 11.1 Å². The molecule has 0 saturated carbocycles. The van der Waals surface area contributed by atoms with Gasteiger partial charge in [-0.1, -0.05) is 72.4 Å². The van der Waals surface area contributed by atoms with Crippen molar-refractivity contribution in [1.29, 1.82) is 0 Å². The lowest BCUT2D eigenvalue weighted by atomic mass is 10.1. The summed E-state index contributed by atoms with van der Waals surface area (Å²) in [5.41, 5.74) is 3.85. The van der Waals surface area contributed by atoms with Crippen LogP contribution in [-0.2, 0) is 11.3 Å². The Morgan fingerprint density at radius 3 is 2.35 bits per heavy atom. The number of amides is 1. The minimum absolute atomic E-state index is 0.0348. The molecule has 0 radical (unpaired) electrons. The zero-order valence-corrected chi connectivity index (χ0v) is 11.7. The van der Waals surface area contributed by atoms with E-state index in [2.05, 4.69) is 5.10 Å². The lowest BCUT2D eigenvalue weighted by Gasteiger charge is -2.26. The van der Waals surface area contributed by atoms with Gasteiger partial charge < -0.3 is 0 Å². The maximum atomic E-state index is 12.5. The summed E-state index contributed by atoms with van der Waals surface area (Å²) in [6.45, 7) is 0.514. The third kappa shape index (κ3) is 2.75. The molecule has 0 aromatic heterocycles. The summed E-state index contributed by atoms with van der Waals surface area (Å²) in [7, 11) is 0. The lowest BCUT2D eigenvalue weighted by molar-refractivity contribution is -0.131. The largest absolute Gasteiger partial charge is 0.271 e. The van der Waals surface area contributed by atoms with Gasteiger partial charge in [0, 0.05) is 0 Å². The first kappa shape index (κ1) is 12.9. The fourth-order valence-corrected chi connectivity index (χ4v) is 2.96. The van der Waals surface area contributed by atoms with Crippen LogP contribution in [0.4, 0.5) is 0 Å². The first-order valence-corrected chi connectivity index (χ1v) is 7.37. The van der Waals surface area contributed by atoms with Crippen LogP contribution >= 0.6 is 11.8 Å². The fraction of sp³-hybridized carbons (Fsp3) is 0.125. The minimum atomic E-state index is -0.197. The Kier molecular flexibility index (Phi) is 3.83. The second-order valence-electron chi connectivity index (χ2n) is 4.53. The first-order chi connectivity index (χ1) is 9.84. The van der Waals surface area contributed by atoms with Gasteiger partial charge in [-0.15, -0.1) is 0 Å². The molecule has 0 fully saturated rings. The highest BCUT2D eigenvalue weighted by Crippen LogP contribution is 2.32. The van der Waals surface area contributed by atoms with Crippen molar-refractivity contribution in [2.24, 2.45) is 5.10 Å². The predicted octanol–water partition coefficient (Wildman–Crippen LogP) is 3.45. The maximum Gasteiger partial charge on any atom is 0.261 e. The Morgan fingerprint density at radius 2 is 1.65 bits per heavy atom. The normalized spacial score (nSPS) is 18.3. The highest BCUT2D eigenvalue weighted by molar-refractivity contribution is 8.12. The van der Waals surface area contributed by atoms with E-state index in [0.29, 0.717) is 6.54 Å². The van der Waals surface area contributed by atoms with Crippen LogP contribution in [0.2, 0.25) is 0 Å². The molecule has 3 nitrogen and oxygen atoms in total. The SMILES string of the molecule is O=C1C(c2ccccc2)SC=NN1Cc1ccccc1. The highest BCUT2D eigenvalue weighted by Gasteiger charge is 2.28. The van der Waals surface area contributed by atoms with E-state index in [9.17, 15) is 4.79 Å². The van der Waals surface area contributed by atoms with E-state index < -0.39 is 0 Å². The molecule has 2 aromatic rings. The smallest absolute Gasteiger partial charge is 0.261 e. The minimum Gasteiger partial charge on any atom is -0.271 e. The number of carbonyl (C=O) groups is 1. The van der Waals surface area contributed by atoms with Gasteiger partial charge >= 0.3 is 0 Å². The second kappa shape index (κ2) is 5.92. The second-order valence-corrected chi connectivity index (χ2v) is 5.48. The molecule has 4 heteroatoms. The van der Waals surface area contributed by atoms with Crippen LogP contribution in [0.5, 0.6) is 0 Å². The molecule has 1 unspecified atom stereocenters. The lowest BCUT2D eigenvalue weighted by Crippen LogP contribution is -2.32. The Morgan fingerprint density at radius 1 is 1.00 bits per heavy atom. The number of rotatable bonds is 3. The molecule has 0 saturated heterocycles. The van der Waals surface area contributed by atoms with E-state index in [1.165, 1.54) is 11.8 Å². The first-order valence-electron chi connectivity index (χ1n) is 6.43. The topological polar surface area (TPSA) is 32.7 Å². The van der Waals surface area contributed by atoms with Crippen LogP contribution in [0.15, 0.2) is 65.8 Å². The molecule has 0 N–H and O–H groups in total. The van der Waals surface area contributed by atoms with Crippen molar-refractivity contribution < 1.29 is 4.79 Å². The molecule has 3 rings (SSSR count). The molecule has 0 aliphatic carbocycles. The summed E-state index contributed by atoms with van der Waals surface area (Å²) in [5, 5.41) is 5.55. The van der Waals surface area contributed by atoms with Crippen molar-refractivity contribution in [3.63, 3.8) is 0 Å². The summed E-state index contributed by atoms with van der Waals surface area (Å²) in [6, 6.07) is 19.7. The molecule has 1 atom stereocenters. The van der Waals surface area contributed by atoms with E-state index in [1.807, 2.05) is 60.7 Å². The zero-order valence-electron chi connectivity index (χ0n) is 10.8. The number of benzene rings is 2. The number of carbonyl (C=O) groups excluding carboxylic acids is 1. The molecule has 1 heterocycles. The zero-order chi connectivity index (χ0) is 13.8. The molecule has 100 valence electrons. The van der Waals surface area contributed by atoms with E-state index in [1.54, 1.807) is 10.6 Å². The Hall–Kier alpha value is -2.07. The number of nitrogens with zero attached hydrogens (tertiary/aromatic N) is 2. The Labute approximate surface area is 122 Å². The Balaban J connectivity index is 1.79. The quantitative estimate of drug-likeness (QED) is 0.863. The average Bonchev–Trinajstić information content (AvgIpc) is 2.51. The van der Waals surface area contributed by atoms with Crippen molar-refractivity contribution in [3.8, 4) is 0 Å². The molecule has 1 aliphatic heterocycles. The van der Waals surface area contributed by atoms with Gasteiger partial charge in [-0.3, -0.25) is 4.79 Å². The van der Waals surface area contributed by atoms with E-state index in [4.69, 9.17) is 0 Å². The van der Waals surface area contributed by atoms with Gasteiger partial charge in [0.15, 0.2) is 0 Å². The van der Waals surface area contributed by atoms with Gasteiger partial charge in [0.1, 0.15) is 5.25 Å². The maximum absolute atomic E-state index is 12.5. The van der Waals surface area contributed by atoms with Crippen molar-refractivity contribution in [2.75, 3.05) is 0 Å². The van der Waals surface area contributed by atoms with Gasteiger partial charge in [0.2, 0.25) is 0 Å². The van der Waals surface area contributed by atoms with Crippen LogP contribution in [-0.4, -0.2) is 16.5 Å². The van der Waals surface area contributed by atoms with Crippen molar-refractivity contribution in [1.82, 2.24) is 5.01 Å². The van der Waals surface area contributed by atoms with Gasteiger partial charge in [-0.05, 0) is 11.1 Å². The van der Waals surface area contributed by atoms with Crippen LogP contribution in [0, 0.1) is 0 Å². The third-order valence-electron chi connectivity index (χ3n) is 3.14. The molecule has 2 aromatic carbocycles. The van der Waals surface area contributed by atoms with Crippen LogP contribution in [0.1, 0.15) is 16.4 Å². The summed E-state index contributed by atoms with van der Waals surface area (Å²) in [6.07, 6.45) is 0. The fourth-order valence-electron chi connectivity index (χ4n) is 2.12. The Bertz CT molecular complexity index is 613. The summed E-state index contributed by atoms with van der Waals surface area (Å²) >= 11 is 1.46. The van der Waals surface area contributed by atoms with Gasteiger partial charge in [0.05, 0.1) is 12.1 Å². The summed E-state index contributed by atoms with van der Waals surface area (Å²) in [4.78, 5) is 12.5. The number of hydrazone groups is 1. The molecular weight excluding hydrogens is 268 g/mol. The molecule has 20 heavy (non-hydrogen) atoms. The van der Waals surface area contributed by atoms with Gasteiger partial charge in [0.25, 0.3) is 5.91 Å². The molecule has 1 aliphatic rings. The standard InChI is InChI=1S/C16H14N2OS/c19-16-15(14-9-5-2-6-10-14)20-12-17-18(16)11-13-7-3-1-4-8-13/h1-10,12,15H,11H2. The summed E-state index contributed by atoms with van der Waals surface area (Å²) < 4.78 is 0. The number of hydrogen-bond donors (Lipinski definition) is 0. The van der Waals surface area contributed by atoms with Crippen LogP contribution < -0.4 is 0 Å². The van der Waals surface area contributed by atoms with Crippen molar-refractivity contribution >= 4 is 23.2 Å².